The molecule has 3 aromatic rings. The van der Waals surface area contributed by atoms with Gasteiger partial charge >= 0.3 is 0 Å². The standard InChI is InChI=1S/C21H24FN3O3S2/c1-24(2)13-14-25(21-23-20-17(22)10-6-11-18(20)29-21)19(26)12-7-15-30(27,28)16-8-4-3-5-9-16/h3-6,8-11H,7,12-15H2,1-2H3. The summed E-state index contributed by atoms with van der Waals surface area (Å²) in [6, 6.07) is 12.9. The number of nitrogens with zero attached hydrogens (tertiary/aromatic N) is 3. The molecule has 9 heteroatoms. The number of benzene rings is 2. The van der Waals surface area contributed by atoms with Gasteiger partial charge in [0.1, 0.15) is 11.3 Å². The van der Waals surface area contributed by atoms with Gasteiger partial charge in [0.05, 0.1) is 15.3 Å². The van der Waals surface area contributed by atoms with E-state index in [4.69, 9.17) is 0 Å². The highest BCUT2D eigenvalue weighted by Crippen LogP contribution is 2.30. The third kappa shape index (κ3) is 5.41. The largest absolute Gasteiger partial charge is 0.308 e. The molecule has 30 heavy (non-hydrogen) atoms. The number of hydrogen-bond acceptors (Lipinski definition) is 6. The number of fused-ring (bicyclic) bond motifs is 1. The number of halogens is 1. The Morgan fingerprint density at radius 3 is 2.47 bits per heavy atom. The van der Waals surface area contributed by atoms with Crippen molar-refractivity contribution in [2.75, 3.05) is 37.8 Å². The van der Waals surface area contributed by atoms with Crippen LogP contribution >= 0.6 is 11.3 Å². The van der Waals surface area contributed by atoms with Gasteiger partial charge in [-0.1, -0.05) is 35.6 Å². The molecule has 0 aliphatic heterocycles. The van der Waals surface area contributed by atoms with Gasteiger partial charge in [0.25, 0.3) is 0 Å². The molecule has 0 fully saturated rings. The van der Waals surface area contributed by atoms with Crippen molar-refractivity contribution >= 4 is 42.4 Å². The Balaban J connectivity index is 1.73. The average Bonchev–Trinajstić information content (AvgIpc) is 3.14. The number of sulfone groups is 1. The molecule has 2 aromatic carbocycles. The molecular formula is C21H24FN3O3S2. The first-order valence-electron chi connectivity index (χ1n) is 9.56. The number of aromatic nitrogens is 1. The van der Waals surface area contributed by atoms with Gasteiger partial charge in [0.15, 0.2) is 15.0 Å². The van der Waals surface area contributed by atoms with E-state index in [9.17, 15) is 17.6 Å². The Morgan fingerprint density at radius 2 is 1.80 bits per heavy atom. The average molecular weight is 450 g/mol. The van der Waals surface area contributed by atoms with Gasteiger partial charge in [-0.05, 0) is 44.8 Å². The zero-order chi connectivity index (χ0) is 21.7. The molecule has 0 saturated heterocycles. The Bertz CT molecular complexity index is 1110. The second kappa shape index (κ2) is 9.63. The monoisotopic (exact) mass is 449 g/mol. The number of carbonyl (C=O) groups is 1. The van der Waals surface area contributed by atoms with Crippen molar-refractivity contribution in [1.82, 2.24) is 9.88 Å². The highest BCUT2D eigenvalue weighted by Gasteiger charge is 2.22. The van der Waals surface area contributed by atoms with Gasteiger partial charge < -0.3 is 4.90 Å². The highest BCUT2D eigenvalue weighted by molar-refractivity contribution is 7.91. The van der Waals surface area contributed by atoms with Crippen LogP contribution in [0.25, 0.3) is 10.2 Å². The summed E-state index contributed by atoms with van der Waals surface area (Å²) < 4.78 is 39.6. The molecular weight excluding hydrogens is 425 g/mol. The number of thiazole rings is 1. The molecule has 3 rings (SSSR count). The lowest BCUT2D eigenvalue weighted by molar-refractivity contribution is -0.118. The van der Waals surface area contributed by atoms with E-state index in [1.54, 1.807) is 42.5 Å². The molecule has 0 spiro atoms. The minimum absolute atomic E-state index is 0.0674. The summed E-state index contributed by atoms with van der Waals surface area (Å²) in [5.74, 6) is -0.762. The van der Waals surface area contributed by atoms with E-state index >= 15 is 0 Å². The van der Waals surface area contributed by atoms with Crippen molar-refractivity contribution in [2.24, 2.45) is 0 Å². The fraction of sp³-hybridized carbons (Fsp3) is 0.333. The van der Waals surface area contributed by atoms with Crippen LogP contribution in [-0.2, 0) is 14.6 Å². The molecule has 0 saturated carbocycles. The maximum absolute atomic E-state index is 14.0. The number of anilines is 1. The van der Waals surface area contributed by atoms with Crippen molar-refractivity contribution in [3.63, 3.8) is 0 Å². The Kier molecular flexibility index (Phi) is 7.17. The van der Waals surface area contributed by atoms with Crippen LogP contribution in [0.1, 0.15) is 12.8 Å². The molecule has 0 N–H and O–H groups in total. The zero-order valence-electron chi connectivity index (χ0n) is 16.9. The van der Waals surface area contributed by atoms with Crippen molar-refractivity contribution in [1.29, 1.82) is 0 Å². The van der Waals surface area contributed by atoms with Crippen molar-refractivity contribution in [3.8, 4) is 0 Å². The van der Waals surface area contributed by atoms with Crippen LogP contribution in [0.2, 0.25) is 0 Å². The Labute approximate surface area is 179 Å². The van der Waals surface area contributed by atoms with Gasteiger partial charge in [0.2, 0.25) is 5.91 Å². The van der Waals surface area contributed by atoms with Crippen molar-refractivity contribution in [3.05, 3.63) is 54.3 Å². The first-order valence-corrected chi connectivity index (χ1v) is 12.0. The number of hydrogen-bond donors (Lipinski definition) is 0. The summed E-state index contributed by atoms with van der Waals surface area (Å²) in [4.78, 5) is 21.0. The summed E-state index contributed by atoms with van der Waals surface area (Å²) in [6.07, 6.45) is 0.270. The van der Waals surface area contributed by atoms with E-state index in [0.29, 0.717) is 22.9 Å². The molecule has 0 aliphatic carbocycles. The van der Waals surface area contributed by atoms with E-state index in [1.807, 2.05) is 19.0 Å². The molecule has 6 nitrogen and oxygen atoms in total. The molecule has 0 unspecified atom stereocenters. The van der Waals surface area contributed by atoms with E-state index in [2.05, 4.69) is 4.98 Å². The predicted octanol–water partition coefficient (Wildman–Crippen LogP) is 3.58. The lowest BCUT2D eigenvalue weighted by Gasteiger charge is -2.22. The van der Waals surface area contributed by atoms with E-state index < -0.39 is 15.7 Å². The number of carbonyl (C=O) groups excluding carboxylic acids is 1. The quantitative estimate of drug-likeness (QED) is 0.499. The molecule has 1 amide bonds. The lowest BCUT2D eigenvalue weighted by Crippen LogP contribution is -2.36. The van der Waals surface area contributed by atoms with Crippen LogP contribution in [0.3, 0.4) is 0 Å². The molecule has 160 valence electrons. The Hall–Kier alpha value is -2.36. The molecule has 1 heterocycles. The first-order chi connectivity index (χ1) is 14.3. The normalized spacial score (nSPS) is 11.9. The predicted molar refractivity (Wildman–Crippen MR) is 118 cm³/mol. The fourth-order valence-corrected chi connectivity index (χ4v) is 5.29. The molecule has 0 bridgehead atoms. The summed E-state index contributed by atoms with van der Waals surface area (Å²) in [5, 5.41) is 0.424. The van der Waals surface area contributed by atoms with Crippen LogP contribution in [0.15, 0.2) is 53.4 Å². The van der Waals surface area contributed by atoms with Crippen LogP contribution in [0.5, 0.6) is 0 Å². The number of amides is 1. The highest BCUT2D eigenvalue weighted by atomic mass is 32.2. The van der Waals surface area contributed by atoms with Crippen molar-refractivity contribution < 1.29 is 17.6 Å². The minimum Gasteiger partial charge on any atom is -0.308 e. The second-order valence-corrected chi connectivity index (χ2v) is 10.3. The topological polar surface area (TPSA) is 70.6 Å². The summed E-state index contributed by atoms with van der Waals surface area (Å²) in [7, 11) is 0.352. The molecule has 0 atom stereocenters. The summed E-state index contributed by atoms with van der Waals surface area (Å²) in [6.45, 7) is 0.991. The van der Waals surface area contributed by atoms with E-state index in [1.165, 1.54) is 22.3 Å². The van der Waals surface area contributed by atoms with Crippen LogP contribution in [0, 0.1) is 5.82 Å². The van der Waals surface area contributed by atoms with Gasteiger partial charge in [0, 0.05) is 19.5 Å². The fourth-order valence-electron chi connectivity index (χ4n) is 2.94. The third-order valence-electron chi connectivity index (χ3n) is 4.57. The second-order valence-electron chi connectivity index (χ2n) is 7.17. The van der Waals surface area contributed by atoms with Gasteiger partial charge in [-0.2, -0.15) is 0 Å². The maximum atomic E-state index is 14.0. The summed E-state index contributed by atoms with van der Waals surface area (Å²) >= 11 is 1.25. The summed E-state index contributed by atoms with van der Waals surface area (Å²) in [5.41, 5.74) is 0.242. The lowest BCUT2D eigenvalue weighted by atomic mass is 10.3. The van der Waals surface area contributed by atoms with Crippen LogP contribution in [-0.4, -0.2) is 57.1 Å². The molecule has 0 aliphatic rings. The van der Waals surface area contributed by atoms with Gasteiger partial charge in [-0.25, -0.2) is 17.8 Å². The van der Waals surface area contributed by atoms with Crippen molar-refractivity contribution in [2.45, 2.75) is 17.7 Å². The van der Waals surface area contributed by atoms with Gasteiger partial charge in [-0.3, -0.25) is 9.69 Å². The Morgan fingerprint density at radius 1 is 1.07 bits per heavy atom. The molecule has 0 radical (unpaired) electrons. The maximum Gasteiger partial charge on any atom is 0.228 e. The minimum atomic E-state index is -3.44. The number of likely N-dealkylation sites (N-methyl/N-ethyl adjacent to an activating group) is 1. The third-order valence-corrected chi connectivity index (χ3v) is 7.43. The van der Waals surface area contributed by atoms with Crippen LogP contribution < -0.4 is 4.90 Å². The van der Waals surface area contributed by atoms with Crippen LogP contribution in [0.4, 0.5) is 9.52 Å². The molecule has 1 aromatic heterocycles. The smallest absolute Gasteiger partial charge is 0.228 e. The van der Waals surface area contributed by atoms with E-state index in [-0.39, 0.29) is 34.9 Å². The van der Waals surface area contributed by atoms with E-state index in [0.717, 1.165) is 0 Å². The zero-order valence-corrected chi connectivity index (χ0v) is 18.5. The number of rotatable bonds is 9. The number of para-hydroxylation sites is 1. The van der Waals surface area contributed by atoms with Gasteiger partial charge in [-0.15, -0.1) is 0 Å². The first kappa shape index (κ1) is 22.3. The SMILES string of the molecule is CN(C)CCN(C(=O)CCCS(=O)(=O)c1ccccc1)c1nc2c(F)cccc2s1.